The van der Waals surface area contributed by atoms with Gasteiger partial charge in [0, 0.05) is 48.4 Å². The molecule has 478 valence electrons. The average Bonchev–Trinajstić information content (AvgIpc) is 1.53. The minimum absolute atomic E-state index is 0.0394. The summed E-state index contributed by atoms with van der Waals surface area (Å²) in [6.07, 6.45) is 7.70. The number of halogens is 4. The zero-order valence-corrected chi connectivity index (χ0v) is 52.3. The number of carbonyl (C=O) groups is 3. The third-order valence-electron chi connectivity index (χ3n) is 17.2. The van der Waals surface area contributed by atoms with E-state index < -0.39 is 78.0 Å². The van der Waals surface area contributed by atoms with Crippen molar-refractivity contribution in [1.82, 2.24) is 0 Å². The van der Waals surface area contributed by atoms with Crippen LogP contribution in [0.25, 0.3) is 0 Å². The van der Waals surface area contributed by atoms with Crippen molar-refractivity contribution in [3.63, 3.8) is 0 Å². The van der Waals surface area contributed by atoms with Gasteiger partial charge in [0.2, 0.25) is 0 Å². The van der Waals surface area contributed by atoms with Gasteiger partial charge in [-0.2, -0.15) is 17.6 Å². The fraction of sp³-hybridized carbons (Fsp3) is 0.762. The molecule has 8 bridgehead atoms. The number of hydrogen-bond acceptors (Lipinski definition) is 15. The molecule has 3 aliphatic heterocycles. The molecule has 21 heteroatoms. The molecule has 8 saturated carbocycles. The second-order valence-electron chi connectivity index (χ2n) is 25.7. The Hall–Kier alpha value is -2.93. The molecule has 2 aromatic carbocycles. The van der Waals surface area contributed by atoms with Crippen LogP contribution in [0.3, 0.4) is 0 Å². The lowest BCUT2D eigenvalue weighted by molar-refractivity contribution is -0.397. The topological polar surface area (TPSA) is 228 Å². The summed E-state index contributed by atoms with van der Waals surface area (Å²) in [6, 6.07) is 21.2. The monoisotopic (exact) mass is 1230 g/mol. The summed E-state index contributed by atoms with van der Waals surface area (Å²) in [4.78, 5) is 36.6. The molecular formula is C63H98F4O15S2+2. The van der Waals surface area contributed by atoms with E-state index in [1.807, 2.05) is 36.4 Å². The van der Waals surface area contributed by atoms with Crippen LogP contribution in [0.1, 0.15) is 125 Å². The van der Waals surface area contributed by atoms with E-state index in [4.69, 9.17) is 48.8 Å². The van der Waals surface area contributed by atoms with Crippen LogP contribution in [-0.4, -0.2) is 179 Å². The fourth-order valence-corrected chi connectivity index (χ4v) is 15.3. The largest absolute Gasteiger partial charge is 0.455 e. The molecule has 13 rings (SSSR count). The smallest absolute Gasteiger partial charge is 0.377 e. The number of benzene rings is 2. The standard InChI is InChI=1S/C18H26F2O6.C14H21OS.C13H16F2O3.C6H6.C5H12O4.C4H8OS.C3H8/c1-15(19,20)14(23)26-17-4-11-2-12(5-17)18(13(3-11)6-17)24-9-16(7-21,8-22)10-25-18;1-14(2,3)12-4-6-13(7-5-12)16-10-8-15-9-11-16;1-12(14,15)11(17)18-13-4-7-2-8(5-13)10(16)9(3-7)6-13;1-2-4-6-5-3-1;6-1-5(2-7,3-8)4-9;1-3-6-4-2-5-1;1-3-2/h11-13,21-22H,2-10H2,1H3;4-7H,8-11H2,1-3H3;7-9H,2-6H2,1H3;1-6H;6-9H,1-4H2;1-4H2;3H2,1-2H3/q;+1;;;;;/p+1. The minimum Gasteiger partial charge on any atom is -0.455 e. The first-order valence-electron chi connectivity index (χ1n) is 29.9. The second-order valence-corrected chi connectivity index (χ2v) is 29.3. The first-order chi connectivity index (χ1) is 39.7. The van der Waals surface area contributed by atoms with Gasteiger partial charge in [-0.1, -0.05) is 89.6 Å². The lowest BCUT2D eigenvalue weighted by Crippen LogP contribution is -2.69. The Labute approximate surface area is 502 Å². The number of ether oxygens (including phenoxy) is 6. The molecule has 11 aliphatic rings. The van der Waals surface area contributed by atoms with Crippen molar-refractivity contribution >= 4 is 40.4 Å². The molecule has 3 heterocycles. The second kappa shape index (κ2) is 32.0. The number of carbonyl (C=O) groups excluding carboxylic acids is 3. The van der Waals surface area contributed by atoms with Crippen molar-refractivity contribution in [2.24, 2.45) is 46.3 Å². The van der Waals surface area contributed by atoms with Crippen LogP contribution in [-0.2, 0) is 70.9 Å². The van der Waals surface area contributed by atoms with E-state index in [0.717, 1.165) is 52.1 Å². The quantitative estimate of drug-likeness (QED) is 0.0549. The molecule has 8 aliphatic carbocycles. The molecule has 2 aromatic rings. The number of thiol groups is 1. The molecule has 1 spiro atoms. The maximum atomic E-state index is 13.3. The van der Waals surface area contributed by atoms with E-state index in [1.54, 1.807) is 11.8 Å². The van der Waals surface area contributed by atoms with Crippen molar-refractivity contribution in [2.45, 2.75) is 158 Å². The number of ketones is 1. The van der Waals surface area contributed by atoms with Gasteiger partial charge in [0.15, 0.2) is 10.7 Å². The van der Waals surface area contributed by atoms with Crippen LogP contribution in [0.5, 0.6) is 0 Å². The van der Waals surface area contributed by atoms with Crippen LogP contribution in [0.4, 0.5) is 17.6 Å². The van der Waals surface area contributed by atoms with Crippen molar-refractivity contribution in [3.8, 4) is 0 Å². The molecular weight excluding hydrogens is 1140 g/mol. The Bertz CT molecular complexity index is 2180. The van der Waals surface area contributed by atoms with Gasteiger partial charge in [0.25, 0.3) is 0 Å². The number of Topliss-reactive ketones (excluding diaryl/α,β-unsaturated/α-hetero) is 1. The van der Waals surface area contributed by atoms with Crippen molar-refractivity contribution in [2.75, 3.05) is 102 Å². The van der Waals surface area contributed by atoms with Gasteiger partial charge < -0.3 is 59.1 Å². The van der Waals surface area contributed by atoms with Crippen molar-refractivity contribution in [1.29, 1.82) is 0 Å². The SMILES string of the molecule is C1C[SH+]CCO1.CC(C)(C)c1ccc([S+]2CCOCC2)cc1.CC(F)(F)C(=O)OC12CC3CC(C1)C(=O)C(C3)C2.CC(F)(F)C(=O)OC12CC3CC(C1)C1(OCC(CO)(CO)CO1)C(C3)C2.CCC.OCC(CO)(CO)CO.c1ccccc1. The molecule has 4 atom stereocenters. The molecule has 4 unspecified atom stereocenters. The van der Waals surface area contributed by atoms with E-state index in [9.17, 15) is 42.2 Å². The molecule has 15 nitrogen and oxygen atoms in total. The van der Waals surface area contributed by atoms with Crippen molar-refractivity contribution in [3.05, 3.63) is 66.2 Å². The normalized spacial score (nSPS) is 28.8. The zero-order chi connectivity index (χ0) is 62.0. The summed E-state index contributed by atoms with van der Waals surface area (Å²) >= 11 is 1.57. The summed E-state index contributed by atoms with van der Waals surface area (Å²) in [5.74, 6) is -5.08. The fourth-order valence-electron chi connectivity index (χ4n) is 12.7. The summed E-state index contributed by atoms with van der Waals surface area (Å²) in [6.45, 7) is 14.3. The summed E-state index contributed by atoms with van der Waals surface area (Å²) in [5.41, 5.74) is -1.88. The average molecular weight is 1240 g/mol. The maximum absolute atomic E-state index is 13.3. The van der Waals surface area contributed by atoms with Crippen LogP contribution >= 0.6 is 0 Å². The number of aliphatic hydroxyl groups is 6. The Morgan fingerprint density at radius 2 is 1.00 bits per heavy atom. The molecule has 0 radical (unpaired) electrons. The van der Waals surface area contributed by atoms with Crippen LogP contribution in [0.15, 0.2) is 65.6 Å². The summed E-state index contributed by atoms with van der Waals surface area (Å²) in [7, 11) is 0.432. The van der Waals surface area contributed by atoms with Gasteiger partial charge in [-0.3, -0.25) is 4.79 Å². The molecule has 3 saturated heterocycles. The zero-order valence-electron chi connectivity index (χ0n) is 50.6. The Kier molecular flexibility index (Phi) is 27.4. The highest BCUT2D eigenvalue weighted by Crippen LogP contribution is 2.64. The van der Waals surface area contributed by atoms with E-state index in [-0.39, 0.29) is 61.3 Å². The molecule has 6 N–H and O–H groups in total. The van der Waals surface area contributed by atoms with Gasteiger partial charge in [-0.15, -0.1) is 0 Å². The van der Waals surface area contributed by atoms with E-state index in [0.29, 0.717) is 75.1 Å². The van der Waals surface area contributed by atoms with Gasteiger partial charge >= 0.3 is 23.8 Å². The predicted octanol–water partition coefficient (Wildman–Crippen LogP) is 7.68. The molecule has 11 fully saturated rings. The highest BCUT2D eigenvalue weighted by molar-refractivity contribution is 7.97. The minimum atomic E-state index is -3.50. The maximum Gasteiger partial charge on any atom is 0.377 e. The Morgan fingerprint density at radius 3 is 1.33 bits per heavy atom. The number of esters is 2. The third kappa shape index (κ3) is 19.5. The van der Waals surface area contributed by atoms with E-state index in [1.165, 1.54) is 39.9 Å². The first kappa shape index (κ1) is 71.8. The highest BCUT2D eigenvalue weighted by Gasteiger charge is 2.67. The number of aliphatic hydroxyl groups excluding tert-OH is 6. The Balaban J connectivity index is 0.000000196. The van der Waals surface area contributed by atoms with Gasteiger partial charge in [0.05, 0.1) is 90.1 Å². The van der Waals surface area contributed by atoms with Crippen molar-refractivity contribution < 1.29 is 91.0 Å². The van der Waals surface area contributed by atoms with Crippen LogP contribution in [0.2, 0.25) is 0 Å². The predicted molar refractivity (Wildman–Crippen MR) is 316 cm³/mol. The molecule has 0 amide bonds. The number of hydrogen-bond donors (Lipinski definition) is 6. The number of alkyl halides is 4. The van der Waals surface area contributed by atoms with E-state index in [2.05, 4.69) is 58.9 Å². The lowest BCUT2D eigenvalue weighted by Gasteiger charge is -2.65. The van der Waals surface area contributed by atoms with E-state index >= 15 is 0 Å². The summed E-state index contributed by atoms with van der Waals surface area (Å²) < 4.78 is 85.7. The van der Waals surface area contributed by atoms with Crippen LogP contribution in [0, 0.1) is 46.3 Å². The van der Waals surface area contributed by atoms with Gasteiger partial charge in [-0.05, 0) is 111 Å². The van der Waals surface area contributed by atoms with Gasteiger partial charge in [0.1, 0.15) is 40.0 Å². The lowest BCUT2D eigenvalue weighted by atomic mass is 9.51. The molecule has 84 heavy (non-hydrogen) atoms. The number of rotatable bonds is 11. The Morgan fingerprint density at radius 1 is 0.607 bits per heavy atom. The van der Waals surface area contributed by atoms with Crippen LogP contribution < -0.4 is 0 Å². The third-order valence-corrected chi connectivity index (χ3v) is 20.5. The first-order valence-corrected chi connectivity index (χ1v) is 32.8. The molecule has 0 aromatic heterocycles. The van der Waals surface area contributed by atoms with Gasteiger partial charge in [-0.25, -0.2) is 9.59 Å². The summed E-state index contributed by atoms with van der Waals surface area (Å²) in [5, 5.41) is 53.1. The highest BCUT2D eigenvalue weighted by atomic mass is 32.2.